The zero-order chi connectivity index (χ0) is 16.4. The fourth-order valence-corrected chi connectivity index (χ4v) is 4.32. The molecule has 2 fully saturated rings. The van der Waals surface area contributed by atoms with Crippen LogP contribution in [0.5, 0.6) is 0 Å². The molecule has 1 aromatic heterocycles. The molecule has 5 heteroatoms. The predicted octanol–water partition coefficient (Wildman–Crippen LogP) is 1.73. The van der Waals surface area contributed by atoms with Gasteiger partial charge in [-0.15, -0.1) is 0 Å². The number of piperidine rings is 1. The molecule has 1 aromatic rings. The van der Waals surface area contributed by atoms with E-state index in [1.807, 2.05) is 6.07 Å². The van der Waals surface area contributed by atoms with E-state index in [-0.39, 0.29) is 5.56 Å². The van der Waals surface area contributed by atoms with E-state index in [1.165, 1.54) is 44.1 Å². The van der Waals surface area contributed by atoms with E-state index >= 15 is 0 Å². The van der Waals surface area contributed by atoms with Gasteiger partial charge in [-0.05, 0) is 57.1 Å². The molecule has 1 saturated heterocycles. The van der Waals surface area contributed by atoms with Gasteiger partial charge < -0.3 is 5.32 Å². The smallest absolute Gasteiger partial charge is 0.267 e. The molecule has 24 heavy (non-hydrogen) atoms. The van der Waals surface area contributed by atoms with Gasteiger partial charge in [0, 0.05) is 31.2 Å². The van der Waals surface area contributed by atoms with Gasteiger partial charge in [-0.2, -0.15) is 5.10 Å². The van der Waals surface area contributed by atoms with Crippen molar-refractivity contribution in [3.05, 3.63) is 27.7 Å². The lowest BCUT2D eigenvalue weighted by molar-refractivity contribution is 0.131. The van der Waals surface area contributed by atoms with E-state index in [4.69, 9.17) is 0 Å². The maximum absolute atomic E-state index is 12.3. The van der Waals surface area contributed by atoms with E-state index < -0.39 is 0 Å². The Kier molecular flexibility index (Phi) is 4.99. The van der Waals surface area contributed by atoms with Crippen LogP contribution in [0.2, 0.25) is 0 Å². The third kappa shape index (κ3) is 3.57. The highest BCUT2D eigenvalue weighted by molar-refractivity contribution is 5.22. The molecular formula is C19H30N4O. The fourth-order valence-electron chi connectivity index (χ4n) is 4.32. The minimum Gasteiger partial charge on any atom is -0.312 e. The Bertz CT molecular complexity index is 622. The van der Waals surface area contributed by atoms with Crippen LogP contribution in [-0.2, 0) is 19.4 Å². The average Bonchev–Trinajstić information content (AvgIpc) is 2.99. The molecule has 1 aliphatic heterocycles. The summed E-state index contributed by atoms with van der Waals surface area (Å²) in [4.78, 5) is 14.8. The van der Waals surface area contributed by atoms with Crippen molar-refractivity contribution in [3.8, 4) is 0 Å². The van der Waals surface area contributed by atoms with Crippen molar-refractivity contribution in [2.24, 2.45) is 0 Å². The molecule has 1 saturated carbocycles. The van der Waals surface area contributed by atoms with Crippen LogP contribution in [0.1, 0.15) is 56.2 Å². The number of likely N-dealkylation sites (tertiary alicyclic amines) is 1. The van der Waals surface area contributed by atoms with Crippen LogP contribution in [0.15, 0.2) is 10.9 Å². The first kappa shape index (κ1) is 16.3. The van der Waals surface area contributed by atoms with E-state index in [1.54, 1.807) is 4.68 Å². The molecule has 3 aliphatic rings. The van der Waals surface area contributed by atoms with Crippen molar-refractivity contribution in [2.45, 2.75) is 76.4 Å². The summed E-state index contributed by atoms with van der Waals surface area (Å²) in [6.45, 7) is 3.95. The average molecular weight is 330 g/mol. The van der Waals surface area contributed by atoms with Crippen molar-refractivity contribution in [1.82, 2.24) is 20.0 Å². The Morgan fingerprint density at radius 2 is 2.00 bits per heavy atom. The number of aryl methyl sites for hydroxylation is 2. The van der Waals surface area contributed by atoms with Crippen molar-refractivity contribution in [2.75, 3.05) is 19.6 Å². The third-order valence-corrected chi connectivity index (χ3v) is 6.12. The highest BCUT2D eigenvalue weighted by Crippen LogP contribution is 2.21. The van der Waals surface area contributed by atoms with Crippen LogP contribution in [0.3, 0.4) is 0 Å². The molecular weight excluding hydrogens is 300 g/mol. The molecule has 2 aliphatic carbocycles. The lowest BCUT2D eigenvalue weighted by Gasteiger charge is -2.38. The van der Waals surface area contributed by atoms with Crippen LogP contribution in [-0.4, -0.2) is 46.4 Å². The minimum atomic E-state index is 0.0804. The summed E-state index contributed by atoms with van der Waals surface area (Å²) in [5.74, 6) is 0. The number of aromatic nitrogens is 2. The number of nitrogens with zero attached hydrogens (tertiary/aromatic N) is 3. The van der Waals surface area contributed by atoms with Gasteiger partial charge >= 0.3 is 0 Å². The van der Waals surface area contributed by atoms with Crippen LogP contribution in [0.4, 0.5) is 0 Å². The fraction of sp³-hybridized carbons (Fsp3) is 0.789. The number of fused-ring (bicyclic) bond motifs is 1. The minimum absolute atomic E-state index is 0.0804. The Morgan fingerprint density at radius 1 is 1.08 bits per heavy atom. The molecule has 1 atom stereocenters. The quantitative estimate of drug-likeness (QED) is 0.863. The summed E-state index contributed by atoms with van der Waals surface area (Å²) >= 11 is 0. The molecule has 1 N–H and O–H groups in total. The molecule has 0 aromatic carbocycles. The monoisotopic (exact) mass is 330 g/mol. The van der Waals surface area contributed by atoms with Gasteiger partial charge in [0.2, 0.25) is 0 Å². The van der Waals surface area contributed by atoms with Gasteiger partial charge in [-0.25, -0.2) is 4.68 Å². The van der Waals surface area contributed by atoms with Gasteiger partial charge in [0.05, 0.1) is 12.2 Å². The Hall–Kier alpha value is -1.20. The number of hydrogen-bond acceptors (Lipinski definition) is 4. The topological polar surface area (TPSA) is 50.2 Å². The van der Waals surface area contributed by atoms with Crippen molar-refractivity contribution in [1.29, 1.82) is 0 Å². The van der Waals surface area contributed by atoms with Crippen molar-refractivity contribution < 1.29 is 0 Å². The number of nitrogens with one attached hydrogen (secondary N) is 1. The molecule has 5 nitrogen and oxygen atoms in total. The zero-order valence-corrected chi connectivity index (χ0v) is 14.7. The predicted molar refractivity (Wildman–Crippen MR) is 95.4 cm³/mol. The summed E-state index contributed by atoms with van der Waals surface area (Å²) in [5, 5.41) is 8.36. The van der Waals surface area contributed by atoms with E-state index in [2.05, 4.69) is 15.3 Å². The standard InChI is InChI=1S/C19H30N4O/c24-19-13-15-5-3-9-18(15)21-23(19)12-11-22-10-2-1-8-17(22)14-20-16-6-4-7-16/h13,16-17,20H,1-12,14H2. The molecule has 0 spiro atoms. The number of hydrogen-bond donors (Lipinski definition) is 1. The summed E-state index contributed by atoms with van der Waals surface area (Å²) in [7, 11) is 0. The Morgan fingerprint density at radius 3 is 2.83 bits per heavy atom. The maximum Gasteiger partial charge on any atom is 0.267 e. The molecule has 2 heterocycles. The first-order chi connectivity index (χ1) is 11.8. The SMILES string of the molecule is O=c1cc2c(nn1CCN1CCCCC1CNC1CCC1)CCC2. The molecule has 1 unspecified atom stereocenters. The van der Waals surface area contributed by atoms with E-state index in [0.29, 0.717) is 6.04 Å². The second-order valence-electron chi connectivity index (χ2n) is 7.75. The van der Waals surface area contributed by atoms with E-state index in [9.17, 15) is 4.79 Å². The lowest BCUT2D eigenvalue weighted by atomic mass is 9.92. The number of rotatable bonds is 6. The largest absolute Gasteiger partial charge is 0.312 e. The maximum atomic E-state index is 12.3. The summed E-state index contributed by atoms with van der Waals surface area (Å²) < 4.78 is 1.70. The highest BCUT2D eigenvalue weighted by Gasteiger charge is 2.25. The summed E-state index contributed by atoms with van der Waals surface area (Å²) in [5.41, 5.74) is 2.41. The second-order valence-corrected chi connectivity index (χ2v) is 7.75. The molecule has 0 amide bonds. The van der Waals surface area contributed by atoms with Gasteiger partial charge in [-0.3, -0.25) is 9.69 Å². The molecule has 4 rings (SSSR count). The summed E-state index contributed by atoms with van der Waals surface area (Å²) in [6.07, 6.45) is 11.2. The van der Waals surface area contributed by atoms with Gasteiger partial charge in [0.25, 0.3) is 5.56 Å². The van der Waals surface area contributed by atoms with Crippen LogP contribution < -0.4 is 10.9 Å². The van der Waals surface area contributed by atoms with Gasteiger partial charge in [0.1, 0.15) is 0 Å². The van der Waals surface area contributed by atoms with Crippen LogP contribution in [0.25, 0.3) is 0 Å². The third-order valence-electron chi connectivity index (χ3n) is 6.12. The van der Waals surface area contributed by atoms with Crippen LogP contribution in [0, 0.1) is 0 Å². The molecule has 132 valence electrons. The second kappa shape index (κ2) is 7.36. The van der Waals surface area contributed by atoms with Gasteiger partial charge in [-0.1, -0.05) is 12.8 Å². The first-order valence-corrected chi connectivity index (χ1v) is 9.87. The van der Waals surface area contributed by atoms with Crippen molar-refractivity contribution >= 4 is 0 Å². The van der Waals surface area contributed by atoms with E-state index in [0.717, 1.165) is 57.2 Å². The zero-order valence-electron chi connectivity index (χ0n) is 14.7. The van der Waals surface area contributed by atoms with Crippen LogP contribution >= 0.6 is 0 Å². The highest BCUT2D eigenvalue weighted by atomic mass is 16.1. The Labute approximate surface area is 144 Å². The van der Waals surface area contributed by atoms with Crippen molar-refractivity contribution in [3.63, 3.8) is 0 Å². The molecule has 0 bridgehead atoms. The first-order valence-electron chi connectivity index (χ1n) is 9.87. The Balaban J connectivity index is 1.35. The van der Waals surface area contributed by atoms with Gasteiger partial charge in [0.15, 0.2) is 0 Å². The lowest BCUT2D eigenvalue weighted by Crippen LogP contribution is -2.50. The summed E-state index contributed by atoms with van der Waals surface area (Å²) in [6, 6.07) is 3.21. The molecule has 0 radical (unpaired) electrons. The normalized spacial score (nSPS) is 24.8.